The third-order valence-electron chi connectivity index (χ3n) is 4.49. The van der Waals surface area contributed by atoms with Crippen LogP contribution in [0.5, 0.6) is 0 Å². The Bertz CT molecular complexity index is 494. The van der Waals surface area contributed by atoms with E-state index < -0.39 is 0 Å². The molecule has 4 heteroatoms. The van der Waals surface area contributed by atoms with Crippen LogP contribution in [0.4, 0.5) is 0 Å². The third-order valence-corrected chi connectivity index (χ3v) is 6.03. The number of hydrogen-bond donors (Lipinski definition) is 2. The normalized spacial score (nSPS) is 32.0. The molecule has 1 aromatic rings. The Labute approximate surface area is 132 Å². The lowest BCUT2D eigenvalue weighted by molar-refractivity contribution is 0.584. The molecule has 0 amide bonds. The molecule has 2 fully saturated rings. The molecule has 1 saturated heterocycles. The first-order valence-corrected chi connectivity index (χ1v) is 8.85. The number of hydrogen-bond acceptors (Lipinski definition) is 2. The Morgan fingerprint density at radius 2 is 2.19 bits per heavy atom. The van der Waals surface area contributed by atoms with Crippen molar-refractivity contribution in [2.75, 3.05) is 19.3 Å². The lowest BCUT2D eigenvalue weighted by atomic mass is 10.1. The van der Waals surface area contributed by atoms with Gasteiger partial charge in [-0.15, -0.1) is 0 Å². The standard InChI is InChI=1S/C17H25N3S/c1-17(9-6-10-21-17)12-19-16(18-2)20-15-11-14(15)13-7-4-3-5-8-13/h3-5,7-8,14-15H,6,9-12H2,1-2H3,(H2,18,19,20). The van der Waals surface area contributed by atoms with Crippen LogP contribution in [-0.2, 0) is 0 Å². The fourth-order valence-electron chi connectivity index (χ4n) is 3.04. The van der Waals surface area contributed by atoms with Crippen molar-refractivity contribution in [2.45, 2.75) is 42.9 Å². The van der Waals surface area contributed by atoms with Crippen molar-refractivity contribution >= 4 is 17.7 Å². The molecule has 0 radical (unpaired) electrons. The van der Waals surface area contributed by atoms with Crippen LogP contribution in [0.3, 0.4) is 0 Å². The van der Waals surface area contributed by atoms with Crippen LogP contribution in [0.1, 0.15) is 37.7 Å². The van der Waals surface area contributed by atoms with Gasteiger partial charge >= 0.3 is 0 Å². The summed E-state index contributed by atoms with van der Waals surface area (Å²) in [5.41, 5.74) is 1.43. The Hall–Kier alpha value is -1.16. The second-order valence-electron chi connectivity index (χ2n) is 6.33. The lowest BCUT2D eigenvalue weighted by Gasteiger charge is -2.24. The molecule has 1 aromatic carbocycles. The van der Waals surface area contributed by atoms with Crippen LogP contribution in [0.15, 0.2) is 35.3 Å². The zero-order valence-electron chi connectivity index (χ0n) is 12.9. The largest absolute Gasteiger partial charge is 0.355 e. The molecule has 2 aliphatic rings. The van der Waals surface area contributed by atoms with Crippen LogP contribution < -0.4 is 10.6 Å². The smallest absolute Gasteiger partial charge is 0.191 e. The lowest BCUT2D eigenvalue weighted by Crippen LogP contribution is -2.44. The molecule has 3 atom stereocenters. The molecule has 1 saturated carbocycles. The van der Waals surface area contributed by atoms with E-state index in [1.807, 2.05) is 7.05 Å². The zero-order chi connectivity index (χ0) is 14.7. The molecular formula is C17H25N3S. The molecule has 3 rings (SSSR count). The minimum Gasteiger partial charge on any atom is -0.355 e. The highest BCUT2D eigenvalue weighted by molar-refractivity contribution is 8.00. The maximum atomic E-state index is 4.37. The van der Waals surface area contributed by atoms with Crippen LogP contribution in [-0.4, -0.2) is 36.1 Å². The van der Waals surface area contributed by atoms with Gasteiger partial charge in [-0.2, -0.15) is 11.8 Å². The highest BCUT2D eigenvalue weighted by atomic mass is 32.2. The van der Waals surface area contributed by atoms with Gasteiger partial charge in [0, 0.05) is 30.3 Å². The van der Waals surface area contributed by atoms with E-state index in [0.717, 1.165) is 12.5 Å². The van der Waals surface area contributed by atoms with E-state index in [9.17, 15) is 0 Å². The quantitative estimate of drug-likeness (QED) is 0.663. The molecule has 21 heavy (non-hydrogen) atoms. The molecule has 2 N–H and O–H groups in total. The van der Waals surface area contributed by atoms with Gasteiger partial charge in [0.25, 0.3) is 0 Å². The van der Waals surface area contributed by atoms with Gasteiger partial charge in [0.05, 0.1) is 0 Å². The average Bonchev–Trinajstić information content (AvgIpc) is 3.16. The van der Waals surface area contributed by atoms with Crippen molar-refractivity contribution in [3.05, 3.63) is 35.9 Å². The van der Waals surface area contributed by atoms with Gasteiger partial charge in [0.15, 0.2) is 5.96 Å². The first-order chi connectivity index (χ1) is 10.2. The van der Waals surface area contributed by atoms with E-state index in [4.69, 9.17) is 0 Å². The monoisotopic (exact) mass is 303 g/mol. The third kappa shape index (κ3) is 3.73. The van der Waals surface area contributed by atoms with E-state index in [1.165, 1.54) is 30.6 Å². The maximum Gasteiger partial charge on any atom is 0.191 e. The summed E-state index contributed by atoms with van der Waals surface area (Å²) in [5, 5.41) is 7.07. The average molecular weight is 303 g/mol. The predicted molar refractivity (Wildman–Crippen MR) is 92.2 cm³/mol. The Balaban J connectivity index is 1.48. The predicted octanol–water partition coefficient (Wildman–Crippen LogP) is 2.99. The number of guanidine groups is 1. The van der Waals surface area contributed by atoms with Crippen LogP contribution in [0, 0.1) is 0 Å². The minimum absolute atomic E-state index is 0.375. The molecule has 0 aromatic heterocycles. The number of aliphatic imine (C=N–C) groups is 1. The van der Waals surface area contributed by atoms with Gasteiger partial charge in [0.2, 0.25) is 0 Å². The SMILES string of the molecule is CN=C(NCC1(C)CCCS1)NC1CC1c1ccccc1. The first kappa shape index (κ1) is 14.8. The van der Waals surface area contributed by atoms with E-state index in [2.05, 4.69) is 64.6 Å². The van der Waals surface area contributed by atoms with E-state index in [1.54, 1.807) is 0 Å². The summed E-state index contributed by atoms with van der Waals surface area (Å²) < 4.78 is 0.375. The second-order valence-corrected chi connectivity index (χ2v) is 8.01. The summed E-state index contributed by atoms with van der Waals surface area (Å²) in [7, 11) is 1.86. The highest BCUT2D eigenvalue weighted by Crippen LogP contribution is 2.40. The molecule has 1 heterocycles. The van der Waals surface area contributed by atoms with E-state index >= 15 is 0 Å². The maximum absolute atomic E-state index is 4.37. The summed E-state index contributed by atoms with van der Waals surface area (Å²) in [6, 6.07) is 11.3. The molecular weight excluding hydrogens is 278 g/mol. The summed E-state index contributed by atoms with van der Waals surface area (Å²) >= 11 is 2.08. The van der Waals surface area contributed by atoms with Crippen molar-refractivity contribution in [1.82, 2.24) is 10.6 Å². The van der Waals surface area contributed by atoms with Gasteiger partial charge in [0.1, 0.15) is 0 Å². The van der Waals surface area contributed by atoms with Gasteiger partial charge in [-0.1, -0.05) is 30.3 Å². The van der Waals surface area contributed by atoms with E-state index in [-0.39, 0.29) is 0 Å². The number of benzene rings is 1. The van der Waals surface area contributed by atoms with Crippen molar-refractivity contribution in [3.8, 4) is 0 Å². The Morgan fingerprint density at radius 1 is 1.38 bits per heavy atom. The highest BCUT2D eigenvalue weighted by Gasteiger charge is 2.39. The first-order valence-electron chi connectivity index (χ1n) is 7.86. The molecule has 1 aliphatic carbocycles. The fraction of sp³-hybridized carbons (Fsp3) is 0.588. The van der Waals surface area contributed by atoms with Gasteiger partial charge < -0.3 is 10.6 Å². The number of rotatable bonds is 4. The van der Waals surface area contributed by atoms with Gasteiger partial charge in [-0.3, -0.25) is 4.99 Å². The van der Waals surface area contributed by atoms with Crippen molar-refractivity contribution in [2.24, 2.45) is 4.99 Å². The molecule has 1 aliphatic heterocycles. The Kier molecular flexibility index (Phi) is 4.43. The summed E-state index contributed by atoms with van der Waals surface area (Å²) in [6.45, 7) is 3.36. The summed E-state index contributed by atoms with van der Waals surface area (Å²) in [4.78, 5) is 4.37. The topological polar surface area (TPSA) is 36.4 Å². The summed E-state index contributed by atoms with van der Waals surface area (Å²) in [5.74, 6) is 2.89. The van der Waals surface area contributed by atoms with Gasteiger partial charge in [-0.05, 0) is 37.5 Å². The molecule has 3 nitrogen and oxygen atoms in total. The second kappa shape index (κ2) is 6.30. The summed E-state index contributed by atoms with van der Waals surface area (Å²) in [6.07, 6.45) is 3.85. The minimum atomic E-state index is 0.375. The van der Waals surface area contributed by atoms with Gasteiger partial charge in [-0.25, -0.2) is 0 Å². The fourth-order valence-corrected chi connectivity index (χ4v) is 4.28. The van der Waals surface area contributed by atoms with Crippen LogP contribution in [0.25, 0.3) is 0 Å². The van der Waals surface area contributed by atoms with Crippen LogP contribution in [0.2, 0.25) is 0 Å². The van der Waals surface area contributed by atoms with E-state index in [0.29, 0.717) is 16.7 Å². The number of nitrogens with one attached hydrogen (secondary N) is 2. The number of thioether (sulfide) groups is 1. The van der Waals surface area contributed by atoms with Crippen molar-refractivity contribution in [3.63, 3.8) is 0 Å². The Morgan fingerprint density at radius 3 is 2.86 bits per heavy atom. The van der Waals surface area contributed by atoms with Crippen LogP contribution >= 0.6 is 11.8 Å². The molecule has 3 unspecified atom stereocenters. The number of nitrogens with zero attached hydrogens (tertiary/aromatic N) is 1. The van der Waals surface area contributed by atoms with Crippen molar-refractivity contribution < 1.29 is 0 Å². The molecule has 114 valence electrons. The molecule has 0 spiro atoms. The molecule has 0 bridgehead atoms. The van der Waals surface area contributed by atoms with Crippen molar-refractivity contribution in [1.29, 1.82) is 0 Å². The zero-order valence-corrected chi connectivity index (χ0v) is 13.7.